The van der Waals surface area contributed by atoms with Crippen molar-refractivity contribution in [2.45, 2.75) is 37.8 Å². The van der Waals surface area contributed by atoms with Gasteiger partial charge in [0.2, 0.25) is 5.91 Å². The molecule has 0 aliphatic heterocycles. The molecule has 4 rings (SSSR count). The standard InChI is InChI=1S/C20H20N2O4S2.C8H11N/c1-3-28(26)16-7-4-14(5-8-16)10-19(24)21-15-6-9-17-18(11-15)27-20(25)22(17)13(2)12-23;1-9-7-8-5-3-2-4-6-8/h4-9,11-13H,3,10H2,1-2H3,(H,21,24);2-6,9H,7H2,1H3. The lowest BCUT2D eigenvalue weighted by atomic mass is 10.1. The van der Waals surface area contributed by atoms with E-state index in [0.29, 0.717) is 21.7 Å². The van der Waals surface area contributed by atoms with Crippen LogP contribution in [0, 0.1) is 0 Å². The summed E-state index contributed by atoms with van der Waals surface area (Å²) in [6.07, 6.45) is 0.918. The zero-order valence-electron chi connectivity index (χ0n) is 21.1. The smallest absolute Gasteiger partial charge is 0.308 e. The van der Waals surface area contributed by atoms with Gasteiger partial charge in [-0.15, -0.1) is 0 Å². The minimum Gasteiger partial charge on any atom is -0.326 e. The third-order valence-electron chi connectivity index (χ3n) is 5.54. The summed E-state index contributed by atoms with van der Waals surface area (Å²) in [6, 6.07) is 22.2. The van der Waals surface area contributed by atoms with Crippen LogP contribution in [0.5, 0.6) is 0 Å². The number of rotatable bonds is 9. The molecule has 4 aromatic rings. The Morgan fingerprint density at radius 2 is 1.76 bits per heavy atom. The van der Waals surface area contributed by atoms with Gasteiger partial charge in [-0.05, 0) is 55.4 Å². The molecule has 2 N–H and O–H groups in total. The van der Waals surface area contributed by atoms with Crippen LogP contribution >= 0.6 is 11.3 Å². The fraction of sp³-hybridized carbons (Fsp3) is 0.250. The maximum absolute atomic E-state index is 12.3. The van der Waals surface area contributed by atoms with Crippen molar-refractivity contribution < 1.29 is 13.8 Å². The fourth-order valence-electron chi connectivity index (χ4n) is 3.68. The van der Waals surface area contributed by atoms with Crippen LogP contribution in [0.25, 0.3) is 10.2 Å². The second-order valence-corrected chi connectivity index (χ2v) is 11.0. The number of carbonyl (C=O) groups excluding carboxylic acids is 2. The summed E-state index contributed by atoms with van der Waals surface area (Å²) in [5, 5.41) is 5.91. The third kappa shape index (κ3) is 7.79. The number of anilines is 1. The Hall–Kier alpha value is -3.40. The molecule has 3 aromatic carbocycles. The number of nitrogens with zero attached hydrogens (tertiary/aromatic N) is 1. The van der Waals surface area contributed by atoms with Gasteiger partial charge in [0.25, 0.3) is 0 Å². The average Bonchev–Trinajstić information content (AvgIpc) is 3.24. The molecule has 2 unspecified atom stereocenters. The van der Waals surface area contributed by atoms with Gasteiger partial charge in [-0.2, -0.15) is 0 Å². The first kappa shape index (κ1) is 28.2. The molecule has 0 radical (unpaired) electrons. The molecule has 1 heterocycles. The molecule has 0 saturated carbocycles. The van der Waals surface area contributed by atoms with E-state index in [1.807, 2.05) is 32.2 Å². The minimum absolute atomic E-state index is 0.184. The Kier molecular flexibility index (Phi) is 10.5. The molecule has 0 spiro atoms. The molecule has 1 amide bonds. The maximum Gasteiger partial charge on any atom is 0.308 e. The highest BCUT2D eigenvalue weighted by atomic mass is 32.2. The van der Waals surface area contributed by atoms with Crippen molar-refractivity contribution in [1.82, 2.24) is 9.88 Å². The predicted octanol–water partition coefficient (Wildman–Crippen LogP) is 4.54. The van der Waals surface area contributed by atoms with Crippen LogP contribution in [0.1, 0.15) is 31.0 Å². The molecule has 0 aliphatic rings. The highest BCUT2D eigenvalue weighted by Gasteiger charge is 2.14. The molecule has 0 fully saturated rings. The van der Waals surface area contributed by atoms with Gasteiger partial charge in [0.1, 0.15) is 6.29 Å². The zero-order valence-corrected chi connectivity index (χ0v) is 22.7. The highest BCUT2D eigenvalue weighted by Crippen LogP contribution is 2.24. The molecule has 1 aromatic heterocycles. The zero-order chi connectivity index (χ0) is 26.8. The first-order valence-electron chi connectivity index (χ1n) is 11.9. The van der Waals surface area contributed by atoms with E-state index in [4.69, 9.17) is 0 Å². The molecule has 194 valence electrons. The van der Waals surface area contributed by atoms with E-state index in [-0.39, 0.29) is 17.2 Å². The summed E-state index contributed by atoms with van der Waals surface area (Å²) in [4.78, 5) is 36.0. The fourth-order valence-corrected chi connectivity index (χ4v) is 5.46. The lowest BCUT2D eigenvalue weighted by Gasteiger charge is -2.08. The Labute approximate surface area is 223 Å². The summed E-state index contributed by atoms with van der Waals surface area (Å²) in [5.74, 6) is 0.374. The van der Waals surface area contributed by atoms with Crippen molar-refractivity contribution in [3.63, 3.8) is 0 Å². The topological polar surface area (TPSA) is 97.3 Å². The molecule has 7 nitrogen and oxygen atoms in total. The number of aromatic nitrogens is 1. The maximum atomic E-state index is 12.3. The number of aldehydes is 1. The molecule has 2 atom stereocenters. The van der Waals surface area contributed by atoms with Gasteiger partial charge >= 0.3 is 4.87 Å². The number of amides is 1. The Bertz CT molecular complexity index is 1410. The minimum atomic E-state index is -1.01. The van der Waals surface area contributed by atoms with Crippen LogP contribution in [0.4, 0.5) is 5.69 Å². The van der Waals surface area contributed by atoms with E-state index >= 15 is 0 Å². The van der Waals surface area contributed by atoms with E-state index < -0.39 is 16.8 Å². The lowest BCUT2D eigenvalue weighted by Crippen LogP contribution is -2.18. The van der Waals surface area contributed by atoms with Gasteiger partial charge in [0.05, 0.1) is 33.5 Å². The molecule has 0 bridgehead atoms. The largest absolute Gasteiger partial charge is 0.326 e. The first-order valence-corrected chi connectivity index (χ1v) is 14.1. The van der Waals surface area contributed by atoms with Gasteiger partial charge in [-0.25, -0.2) is 0 Å². The van der Waals surface area contributed by atoms with Gasteiger partial charge in [0.15, 0.2) is 0 Å². The Morgan fingerprint density at radius 1 is 1.05 bits per heavy atom. The van der Waals surface area contributed by atoms with Gasteiger partial charge in [0, 0.05) is 22.9 Å². The summed E-state index contributed by atoms with van der Waals surface area (Å²) in [7, 11) is 0.942. The summed E-state index contributed by atoms with van der Waals surface area (Å²) < 4.78 is 13.9. The van der Waals surface area contributed by atoms with Gasteiger partial charge in [-0.1, -0.05) is 60.7 Å². The van der Waals surface area contributed by atoms with Crippen LogP contribution in [-0.2, 0) is 33.4 Å². The quantitative estimate of drug-likeness (QED) is 0.306. The van der Waals surface area contributed by atoms with Crippen LogP contribution in [0.2, 0.25) is 0 Å². The predicted molar refractivity (Wildman–Crippen MR) is 152 cm³/mol. The van der Waals surface area contributed by atoms with Gasteiger partial charge in [-0.3, -0.25) is 18.4 Å². The molecule has 0 aliphatic carbocycles. The van der Waals surface area contributed by atoms with Crippen LogP contribution in [0.3, 0.4) is 0 Å². The molecular formula is C28H31N3O4S2. The van der Waals surface area contributed by atoms with Crippen LogP contribution in [-0.4, -0.2) is 33.8 Å². The van der Waals surface area contributed by atoms with Crippen molar-refractivity contribution in [2.24, 2.45) is 0 Å². The van der Waals surface area contributed by atoms with Gasteiger partial charge < -0.3 is 15.4 Å². The van der Waals surface area contributed by atoms with E-state index in [1.54, 1.807) is 49.4 Å². The number of thiazole rings is 1. The first-order chi connectivity index (χ1) is 17.9. The summed E-state index contributed by atoms with van der Waals surface area (Å²) in [6.45, 7) is 4.48. The normalized spacial score (nSPS) is 12.3. The van der Waals surface area contributed by atoms with E-state index in [0.717, 1.165) is 34.6 Å². The number of nitrogens with one attached hydrogen (secondary N) is 2. The van der Waals surface area contributed by atoms with Crippen molar-refractivity contribution in [3.05, 3.63) is 93.6 Å². The van der Waals surface area contributed by atoms with E-state index in [2.05, 4.69) is 22.8 Å². The molecular weight excluding hydrogens is 506 g/mol. The van der Waals surface area contributed by atoms with Crippen molar-refractivity contribution in [2.75, 3.05) is 18.1 Å². The number of benzene rings is 3. The number of fused-ring (bicyclic) bond motifs is 1. The second kappa shape index (κ2) is 13.8. The SMILES string of the molecule is CCS(=O)c1ccc(CC(=O)Nc2ccc3c(c2)sc(=O)n3C(C)C=O)cc1.CNCc1ccccc1. The Morgan fingerprint density at radius 3 is 2.38 bits per heavy atom. The van der Waals surface area contributed by atoms with E-state index in [9.17, 15) is 18.6 Å². The molecule has 37 heavy (non-hydrogen) atoms. The monoisotopic (exact) mass is 537 g/mol. The number of hydrogen-bond acceptors (Lipinski definition) is 6. The number of hydrogen-bond donors (Lipinski definition) is 2. The summed E-state index contributed by atoms with van der Waals surface area (Å²) in [5.41, 5.74) is 3.42. The summed E-state index contributed by atoms with van der Waals surface area (Å²) >= 11 is 1.04. The van der Waals surface area contributed by atoms with Crippen molar-refractivity contribution in [1.29, 1.82) is 0 Å². The Balaban J connectivity index is 0.000000356. The average molecular weight is 538 g/mol. The molecule has 9 heteroatoms. The van der Waals surface area contributed by atoms with E-state index in [1.165, 1.54) is 10.1 Å². The highest BCUT2D eigenvalue weighted by molar-refractivity contribution is 7.85. The van der Waals surface area contributed by atoms with Crippen molar-refractivity contribution >= 4 is 50.2 Å². The van der Waals surface area contributed by atoms with Crippen LogP contribution < -0.4 is 15.5 Å². The van der Waals surface area contributed by atoms with Crippen molar-refractivity contribution in [3.8, 4) is 0 Å². The second-order valence-electron chi connectivity index (χ2n) is 8.32. The van der Waals surface area contributed by atoms with Crippen LogP contribution in [0.15, 0.2) is 82.5 Å². The lowest BCUT2D eigenvalue weighted by molar-refractivity contribution is -0.115. The number of carbonyl (C=O) groups is 2. The molecule has 0 saturated heterocycles. The third-order valence-corrected chi connectivity index (χ3v) is 7.78.